The predicted octanol–water partition coefficient (Wildman–Crippen LogP) is 2.86. The van der Waals surface area contributed by atoms with Crippen molar-refractivity contribution in [2.45, 2.75) is 19.8 Å². The molecule has 2 heterocycles. The molecule has 92 valence electrons. The molecule has 4 nitrogen and oxygen atoms in total. The number of H-pyrrole nitrogens is 1. The van der Waals surface area contributed by atoms with Gasteiger partial charge in [-0.15, -0.1) is 0 Å². The minimum Gasteiger partial charge on any atom is -0.358 e. The first-order valence-electron chi connectivity index (χ1n) is 6.08. The minimum absolute atomic E-state index is 0.0297. The van der Waals surface area contributed by atoms with E-state index < -0.39 is 0 Å². The summed E-state index contributed by atoms with van der Waals surface area (Å²) in [5.41, 5.74) is 0.539. The first-order chi connectivity index (χ1) is 8.69. The van der Waals surface area contributed by atoms with Crippen LogP contribution in [0, 0.1) is 5.41 Å². The van der Waals surface area contributed by atoms with E-state index in [0.717, 1.165) is 23.7 Å². The number of carbonyl (C=O) groups excluding carboxylic acids is 1. The minimum atomic E-state index is -0.337. The lowest BCUT2D eigenvalue weighted by Gasteiger charge is -2.22. The fraction of sp³-hybridized carbons (Fsp3) is 0.286. The van der Waals surface area contributed by atoms with Crippen LogP contribution in [0.5, 0.6) is 0 Å². The summed E-state index contributed by atoms with van der Waals surface area (Å²) in [5.74, 6) is 0.637. The van der Waals surface area contributed by atoms with Crippen LogP contribution in [0.15, 0.2) is 36.7 Å². The molecule has 0 radical (unpaired) electrons. The molecule has 0 saturated carbocycles. The number of carbonyl (C=O) groups is 1. The van der Waals surface area contributed by atoms with Crippen LogP contribution in [-0.2, 0) is 4.79 Å². The number of allylic oxidation sites excluding steroid dienone is 2. The third-order valence-corrected chi connectivity index (χ3v) is 3.56. The van der Waals surface area contributed by atoms with Gasteiger partial charge in [0.25, 0.3) is 0 Å². The van der Waals surface area contributed by atoms with Crippen molar-refractivity contribution in [2.75, 3.05) is 5.32 Å². The number of nitrogens with one attached hydrogen (secondary N) is 2. The molecule has 0 aliphatic heterocycles. The Bertz CT molecular complexity index is 619. The van der Waals surface area contributed by atoms with Gasteiger partial charge in [0.05, 0.1) is 10.9 Å². The molecule has 0 unspecified atom stereocenters. The van der Waals surface area contributed by atoms with E-state index in [1.807, 2.05) is 25.3 Å². The van der Waals surface area contributed by atoms with Gasteiger partial charge in [0.1, 0.15) is 0 Å². The molecule has 2 aromatic rings. The van der Waals surface area contributed by atoms with Crippen molar-refractivity contribution in [3.8, 4) is 0 Å². The fourth-order valence-corrected chi connectivity index (χ4v) is 2.29. The summed E-state index contributed by atoms with van der Waals surface area (Å²) in [6, 6.07) is 3.88. The van der Waals surface area contributed by atoms with Crippen molar-refractivity contribution in [3.63, 3.8) is 0 Å². The Kier molecular flexibility index (Phi) is 2.44. The van der Waals surface area contributed by atoms with E-state index in [2.05, 4.69) is 27.4 Å². The van der Waals surface area contributed by atoms with Gasteiger partial charge < -0.3 is 10.3 Å². The van der Waals surface area contributed by atoms with Gasteiger partial charge in [0, 0.05) is 17.8 Å². The zero-order chi connectivity index (χ0) is 12.6. The number of rotatable bonds is 2. The highest BCUT2D eigenvalue weighted by Gasteiger charge is 2.34. The van der Waals surface area contributed by atoms with Crippen LogP contribution in [0.1, 0.15) is 19.8 Å². The second-order valence-electron chi connectivity index (χ2n) is 5.00. The van der Waals surface area contributed by atoms with Gasteiger partial charge in [-0.25, -0.2) is 4.98 Å². The molecule has 1 aliphatic rings. The maximum atomic E-state index is 12.3. The van der Waals surface area contributed by atoms with Gasteiger partial charge in [-0.2, -0.15) is 0 Å². The maximum absolute atomic E-state index is 12.3. The summed E-state index contributed by atoms with van der Waals surface area (Å²) in [6.45, 7) is 1.98. The average molecular weight is 241 g/mol. The van der Waals surface area contributed by atoms with Gasteiger partial charge in [-0.1, -0.05) is 19.1 Å². The summed E-state index contributed by atoms with van der Waals surface area (Å²) in [6.07, 6.45) is 9.26. The number of hydrogen-bond acceptors (Lipinski definition) is 2. The highest BCUT2D eigenvalue weighted by molar-refractivity contribution is 6.01. The van der Waals surface area contributed by atoms with Gasteiger partial charge in [0.2, 0.25) is 5.91 Å². The maximum Gasteiger partial charge on any atom is 0.232 e. The number of fused-ring (bicyclic) bond motifs is 1. The Balaban J connectivity index is 1.88. The van der Waals surface area contributed by atoms with Crippen LogP contribution < -0.4 is 5.32 Å². The molecule has 0 saturated heterocycles. The molecule has 1 aliphatic carbocycles. The Morgan fingerprint density at radius 3 is 2.94 bits per heavy atom. The fourth-order valence-electron chi connectivity index (χ4n) is 2.29. The molecule has 1 amide bonds. The number of aromatic nitrogens is 2. The Labute approximate surface area is 105 Å². The normalized spacial score (nSPS) is 17.2. The standard InChI is InChI=1S/C14H15N3O/c1-14(6-2-3-7-14)13(18)17-12-11-10(4-8-15-11)5-9-16-12/h2-5,8-9,15H,6-7H2,1H3,(H,16,17,18). The smallest absolute Gasteiger partial charge is 0.232 e. The lowest BCUT2D eigenvalue weighted by molar-refractivity contribution is -0.124. The number of anilines is 1. The molecular weight excluding hydrogens is 226 g/mol. The van der Waals surface area contributed by atoms with Crippen LogP contribution in [-0.4, -0.2) is 15.9 Å². The number of hydrogen-bond donors (Lipinski definition) is 2. The highest BCUT2D eigenvalue weighted by atomic mass is 16.2. The SMILES string of the molecule is CC1(C(=O)Nc2nccc3cc[nH]c23)CC=CC1. The summed E-state index contributed by atoms with van der Waals surface area (Å²) >= 11 is 0. The first kappa shape index (κ1) is 11.0. The molecule has 18 heavy (non-hydrogen) atoms. The molecule has 2 N–H and O–H groups in total. The third-order valence-electron chi connectivity index (χ3n) is 3.56. The molecule has 3 rings (SSSR count). The third kappa shape index (κ3) is 1.70. The van der Waals surface area contributed by atoms with Crippen LogP contribution in [0.4, 0.5) is 5.82 Å². The van der Waals surface area contributed by atoms with E-state index in [1.54, 1.807) is 6.20 Å². The monoisotopic (exact) mass is 241 g/mol. The molecule has 0 spiro atoms. The molecule has 2 aromatic heterocycles. The second kappa shape index (κ2) is 3.98. The van der Waals surface area contributed by atoms with E-state index in [4.69, 9.17) is 0 Å². The first-order valence-corrected chi connectivity index (χ1v) is 6.08. The van der Waals surface area contributed by atoms with Crippen molar-refractivity contribution in [3.05, 3.63) is 36.7 Å². The van der Waals surface area contributed by atoms with Crippen LogP contribution in [0.25, 0.3) is 10.9 Å². The Morgan fingerprint density at radius 2 is 2.17 bits per heavy atom. The van der Waals surface area contributed by atoms with Gasteiger partial charge in [0.15, 0.2) is 5.82 Å². The summed E-state index contributed by atoms with van der Waals surface area (Å²) in [4.78, 5) is 19.6. The molecule has 0 atom stereocenters. The number of aromatic amines is 1. The molecular formula is C14H15N3O. The van der Waals surface area contributed by atoms with Crippen molar-refractivity contribution < 1.29 is 4.79 Å². The zero-order valence-corrected chi connectivity index (χ0v) is 10.2. The van der Waals surface area contributed by atoms with Crippen LogP contribution >= 0.6 is 0 Å². The van der Waals surface area contributed by atoms with E-state index >= 15 is 0 Å². The van der Waals surface area contributed by atoms with E-state index in [9.17, 15) is 4.79 Å². The van der Waals surface area contributed by atoms with Gasteiger partial charge >= 0.3 is 0 Å². The number of amides is 1. The zero-order valence-electron chi connectivity index (χ0n) is 10.2. The summed E-state index contributed by atoms with van der Waals surface area (Å²) in [5, 5.41) is 3.98. The van der Waals surface area contributed by atoms with Crippen LogP contribution in [0.3, 0.4) is 0 Å². The average Bonchev–Trinajstić information content (AvgIpc) is 2.98. The topological polar surface area (TPSA) is 57.8 Å². The van der Waals surface area contributed by atoms with E-state index in [-0.39, 0.29) is 11.3 Å². The van der Waals surface area contributed by atoms with Crippen molar-refractivity contribution >= 4 is 22.6 Å². The van der Waals surface area contributed by atoms with Gasteiger partial charge in [-0.3, -0.25) is 4.79 Å². The van der Waals surface area contributed by atoms with Gasteiger partial charge in [-0.05, 0) is 25.0 Å². The lowest BCUT2D eigenvalue weighted by atomic mass is 9.87. The van der Waals surface area contributed by atoms with E-state index in [0.29, 0.717) is 5.82 Å². The van der Waals surface area contributed by atoms with Crippen molar-refractivity contribution in [1.29, 1.82) is 0 Å². The molecule has 0 fully saturated rings. The summed E-state index contributed by atoms with van der Waals surface area (Å²) in [7, 11) is 0. The number of pyridine rings is 1. The summed E-state index contributed by atoms with van der Waals surface area (Å²) < 4.78 is 0. The predicted molar refractivity (Wildman–Crippen MR) is 71.2 cm³/mol. The number of nitrogens with zero attached hydrogens (tertiary/aromatic N) is 1. The molecule has 4 heteroatoms. The Hall–Kier alpha value is -2.10. The Morgan fingerprint density at radius 1 is 1.39 bits per heavy atom. The largest absolute Gasteiger partial charge is 0.358 e. The van der Waals surface area contributed by atoms with Crippen molar-refractivity contribution in [1.82, 2.24) is 9.97 Å². The molecule has 0 aromatic carbocycles. The van der Waals surface area contributed by atoms with E-state index in [1.165, 1.54) is 0 Å². The molecule has 0 bridgehead atoms. The van der Waals surface area contributed by atoms with Crippen molar-refractivity contribution in [2.24, 2.45) is 5.41 Å². The highest BCUT2D eigenvalue weighted by Crippen LogP contribution is 2.34. The van der Waals surface area contributed by atoms with Crippen LogP contribution in [0.2, 0.25) is 0 Å². The quantitative estimate of drug-likeness (QED) is 0.794. The second-order valence-corrected chi connectivity index (χ2v) is 5.00. The lowest BCUT2D eigenvalue weighted by Crippen LogP contribution is -2.31.